The molecule has 0 aromatic heterocycles. The number of allylic oxidation sites excluding steroid dienone is 2. The number of anilines is 2. The normalized spacial score (nSPS) is 18.4. The van der Waals surface area contributed by atoms with Gasteiger partial charge in [0.25, 0.3) is 0 Å². The summed E-state index contributed by atoms with van der Waals surface area (Å²) in [7, 11) is 0. The molecule has 0 N–H and O–H groups in total. The Kier molecular flexibility index (Phi) is 11.4. The van der Waals surface area contributed by atoms with Crippen LogP contribution in [0.5, 0.6) is 0 Å². The van der Waals surface area contributed by atoms with E-state index in [1.807, 2.05) is 9.80 Å². The van der Waals surface area contributed by atoms with Crippen LogP contribution in [-0.4, -0.2) is 23.9 Å². The molecule has 38 heavy (non-hydrogen) atoms. The molecule has 0 unspecified atom stereocenters. The van der Waals surface area contributed by atoms with Crippen molar-refractivity contribution in [1.82, 2.24) is 0 Å². The van der Waals surface area contributed by atoms with Crippen LogP contribution in [0.1, 0.15) is 74.6 Å². The van der Waals surface area contributed by atoms with Gasteiger partial charge in [-0.1, -0.05) is 36.4 Å². The summed E-state index contributed by atoms with van der Waals surface area (Å²) >= 11 is 4.68. The van der Waals surface area contributed by atoms with Crippen LogP contribution in [0.3, 0.4) is 0 Å². The highest BCUT2D eigenvalue weighted by molar-refractivity contribution is 14.1. The lowest BCUT2D eigenvalue weighted by Crippen LogP contribution is -2.39. The van der Waals surface area contributed by atoms with Crippen molar-refractivity contribution in [2.24, 2.45) is 0 Å². The SMILES string of the molecule is CC(=O)N(c1c(C)cc(C)cc1I)[C@@H]1C=CCCC1.CC(=O)N(c1c(C)cc(C)cc1I)[C@H]1C=CCCC1. The molecular weight excluding hydrogens is 698 g/mol. The van der Waals surface area contributed by atoms with Crippen molar-refractivity contribution in [1.29, 1.82) is 0 Å². The third kappa shape index (κ3) is 7.71. The first-order valence-electron chi connectivity index (χ1n) is 13.5. The van der Waals surface area contributed by atoms with Crippen molar-refractivity contribution in [2.75, 3.05) is 9.80 Å². The predicted molar refractivity (Wildman–Crippen MR) is 177 cm³/mol. The Labute approximate surface area is 256 Å². The second-order valence-corrected chi connectivity index (χ2v) is 12.8. The Hall–Kier alpha value is -1.68. The largest absolute Gasteiger partial charge is 0.304 e. The number of rotatable bonds is 4. The Morgan fingerprint density at radius 1 is 0.684 bits per heavy atom. The molecule has 0 aliphatic heterocycles. The van der Waals surface area contributed by atoms with Crippen molar-refractivity contribution >= 4 is 68.4 Å². The maximum atomic E-state index is 12.1. The number of aryl methyl sites for hydroxylation is 4. The Morgan fingerprint density at radius 2 is 1.05 bits per heavy atom. The number of carbonyl (C=O) groups excluding carboxylic acids is 2. The molecule has 4 rings (SSSR count). The molecule has 0 saturated heterocycles. The average molecular weight is 738 g/mol. The fraction of sp³-hybridized carbons (Fsp3) is 0.438. The second kappa shape index (κ2) is 14.1. The molecule has 204 valence electrons. The third-order valence-electron chi connectivity index (χ3n) is 7.08. The van der Waals surface area contributed by atoms with Crippen LogP contribution in [0, 0.1) is 34.8 Å². The number of nitrogens with zero attached hydrogens (tertiary/aromatic N) is 2. The summed E-state index contributed by atoms with van der Waals surface area (Å²) in [4.78, 5) is 28.2. The van der Waals surface area contributed by atoms with E-state index in [9.17, 15) is 9.59 Å². The Balaban J connectivity index is 0.000000211. The van der Waals surface area contributed by atoms with E-state index < -0.39 is 0 Å². The van der Waals surface area contributed by atoms with E-state index in [-0.39, 0.29) is 23.9 Å². The summed E-state index contributed by atoms with van der Waals surface area (Å²) < 4.78 is 2.31. The fourth-order valence-corrected chi connectivity index (χ4v) is 7.91. The predicted octanol–water partition coefficient (Wildman–Crippen LogP) is 8.74. The van der Waals surface area contributed by atoms with Crippen molar-refractivity contribution in [3.05, 3.63) is 78.0 Å². The minimum atomic E-state index is 0.126. The minimum Gasteiger partial charge on any atom is -0.304 e. The summed E-state index contributed by atoms with van der Waals surface area (Å²) in [6.45, 7) is 11.7. The van der Waals surface area contributed by atoms with Gasteiger partial charge in [-0.05, 0) is 146 Å². The topological polar surface area (TPSA) is 40.6 Å². The number of halogens is 2. The summed E-state index contributed by atoms with van der Waals surface area (Å²) in [6, 6.07) is 9.01. The van der Waals surface area contributed by atoms with Crippen LogP contribution in [0.15, 0.2) is 48.6 Å². The summed E-state index contributed by atoms with van der Waals surface area (Å²) in [5.41, 5.74) is 7.00. The molecule has 2 aliphatic carbocycles. The maximum Gasteiger partial charge on any atom is 0.224 e. The van der Waals surface area contributed by atoms with Gasteiger partial charge < -0.3 is 9.80 Å². The van der Waals surface area contributed by atoms with Gasteiger partial charge in [0.15, 0.2) is 0 Å². The molecule has 0 radical (unpaired) electrons. The van der Waals surface area contributed by atoms with Crippen LogP contribution in [0.4, 0.5) is 11.4 Å². The van der Waals surface area contributed by atoms with Gasteiger partial charge in [0.2, 0.25) is 11.8 Å². The number of hydrogen-bond acceptors (Lipinski definition) is 2. The lowest BCUT2D eigenvalue weighted by molar-refractivity contribution is -0.117. The maximum absolute atomic E-state index is 12.1. The van der Waals surface area contributed by atoms with Crippen LogP contribution in [-0.2, 0) is 9.59 Å². The van der Waals surface area contributed by atoms with E-state index in [4.69, 9.17) is 0 Å². The molecular formula is C32H40I2N2O2. The van der Waals surface area contributed by atoms with E-state index in [1.54, 1.807) is 13.8 Å². The number of benzene rings is 2. The van der Waals surface area contributed by atoms with E-state index >= 15 is 0 Å². The van der Waals surface area contributed by atoms with E-state index in [0.717, 1.165) is 57.0 Å². The first-order chi connectivity index (χ1) is 18.0. The zero-order valence-corrected chi connectivity index (χ0v) is 27.8. The lowest BCUT2D eigenvalue weighted by Gasteiger charge is -2.32. The molecule has 0 saturated carbocycles. The van der Waals surface area contributed by atoms with Crippen molar-refractivity contribution in [2.45, 2.75) is 92.2 Å². The van der Waals surface area contributed by atoms with Gasteiger partial charge in [-0.3, -0.25) is 9.59 Å². The smallest absolute Gasteiger partial charge is 0.224 e. The number of carbonyl (C=O) groups is 2. The zero-order valence-electron chi connectivity index (χ0n) is 23.5. The van der Waals surface area contributed by atoms with E-state index in [1.165, 1.54) is 22.3 Å². The first-order valence-corrected chi connectivity index (χ1v) is 15.6. The second-order valence-electron chi connectivity index (χ2n) is 10.5. The van der Waals surface area contributed by atoms with Crippen LogP contribution in [0.25, 0.3) is 0 Å². The van der Waals surface area contributed by atoms with Gasteiger partial charge >= 0.3 is 0 Å². The molecule has 2 atom stereocenters. The molecule has 2 aromatic rings. The third-order valence-corrected chi connectivity index (χ3v) is 8.72. The highest BCUT2D eigenvalue weighted by Gasteiger charge is 2.26. The number of hydrogen-bond donors (Lipinski definition) is 0. The molecule has 0 heterocycles. The zero-order chi connectivity index (χ0) is 28.0. The van der Waals surface area contributed by atoms with Crippen LogP contribution in [0.2, 0.25) is 0 Å². The summed E-state index contributed by atoms with van der Waals surface area (Å²) in [5.74, 6) is 0.253. The fourth-order valence-electron chi connectivity index (χ4n) is 5.56. The van der Waals surface area contributed by atoms with Gasteiger partial charge in [-0.25, -0.2) is 0 Å². The lowest BCUT2D eigenvalue weighted by atomic mass is 9.99. The standard InChI is InChI=1S/2C16H20INO/c2*1-11-9-12(2)16(15(17)10-11)18(13(3)19)14-7-5-4-6-8-14/h2*5,7,9-10,14H,4,6,8H2,1-3H3/t2*14-/m10/s1. The molecule has 0 fully saturated rings. The molecule has 2 aliphatic rings. The van der Waals surface area contributed by atoms with Gasteiger partial charge in [-0.15, -0.1) is 0 Å². The molecule has 6 heteroatoms. The molecule has 0 spiro atoms. The molecule has 4 nitrogen and oxygen atoms in total. The monoisotopic (exact) mass is 738 g/mol. The Morgan fingerprint density at radius 3 is 1.32 bits per heavy atom. The van der Waals surface area contributed by atoms with Gasteiger partial charge in [0.1, 0.15) is 0 Å². The van der Waals surface area contributed by atoms with Crippen LogP contribution < -0.4 is 9.80 Å². The molecule has 0 bridgehead atoms. The van der Waals surface area contributed by atoms with Gasteiger partial charge in [0, 0.05) is 21.0 Å². The quantitative estimate of drug-likeness (QED) is 0.233. The highest BCUT2D eigenvalue weighted by atomic mass is 127. The number of amides is 2. The molecule has 2 aromatic carbocycles. The highest BCUT2D eigenvalue weighted by Crippen LogP contribution is 2.33. The minimum absolute atomic E-state index is 0.126. The Bertz CT molecular complexity index is 1090. The van der Waals surface area contributed by atoms with Gasteiger partial charge in [-0.2, -0.15) is 0 Å². The van der Waals surface area contributed by atoms with Crippen molar-refractivity contribution in [3.8, 4) is 0 Å². The van der Waals surface area contributed by atoms with Crippen molar-refractivity contribution < 1.29 is 9.59 Å². The summed E-state index contributed by atoms with van der Waals surface area (Å²) in [6.07, 6.45) is 15.4. The average Bonchev–Trinajstić information content (AvgIpc) is 2.84. The molecule has 2 amide bonds. The van der Waals surface area contributed by atoms with E-state index in [0.29, 0.717) is 0 Å². The van der Waals surface area contributed by atoms with Crippen LogP contribution >= 0.6 is 45.2 Å². The van der Waals surface area contributed by atoms with Crippen molar-refractivity contribution in [3.63, 3.8) is 0 Å². The summed E-state index contributed by atoms with van der Waals surface area (Å²) in [5, 5.41) is 0. The van der Waals surface area contributed by atoms with Gasteiger partial charge in [0.05, 0.1) is 23.5 Å². The van der Waals surface area contributed by atoms with E-state index in [2.05, 4.69) is 121 Å². The first kappa shape index (κ1) is 30.9.